The summed E-state index contributed by atoms with van der Waals surface area (Å²) in [4.78, 5) is 18.3. The maximum absolute atomic E-state index is 10.6. The SMILES string of the molecule is O=C(O)c1ccnc(NCc2ccon2)n1. The molecule has 0 radical (unpaired) electrons. The molecule has 7 nitrogen and oxygen atoms in total. The summed E-state index contributed by atoms with van der Waals surface area (Å²) in [5, 5.41) is 15.2. The lowest BCUT2D eigenvalue weighted by molar-refractivity contribution is 0.0690. The summed E-state index contributed by atoms with van der Waals surface area (Å²) >= 11 is 0. The van der Waals surface area contributed by atoms with Crippen LogP contribution < -0.4 is 5.32 Å². The quantitative estimate of drug-likeness (QED) is 0.784. The maximum Gasteiger partial charge on any atom is 0.354 e. The van der Waals surface area contributed by atoms with Crippen molar-refractivity contribution in [2.24, 2.45) is 0 Å². The second-order valence-corrected chi connectivity index (χ2v) is 2.91. The second-order valence-electron chi connectivity index (χ2n) is 2.91. The van der Waals surface area contributed by atoms with E-state index in [0.717, 1.165) is 0 Å². The summed E-state index contributed by atoms with van der Waals surface area (Å²) < 4.78 is 4.64. The highest BCUT2D eigenvalue weighted by Crippen LogP contribution is 2.03. The minimum absolute atomic E-state index is 0.0577. The predicted octanol–water partition coefficient (Wildman–Crippen LogP) is 0.775. The number of rotatable bonds is 4. The molecule has 0 unspecified atom stereocenters. The lowest BCUT2D eigenvalue weighted by atomic mass is 10.4. The van der Waals surface area contributed by atoms with Crippen molar-refractivity contribution in [2.75, 3.05) is 5.32 Å². The van der Waals surface area contributed by atoms with E-state index < -0.39 is 5.97 Å². The van der Waals surface area contributed by atoms with Gasteiger partial charge in [-0.1, -0.05) is 5.16 Å². The van der Waals surface area contributed by atoms with Crippen LogP contribution in [-0.4, -0.2) is 26.2 Å². The Balaban J connectivity index is 2.04. The van der Waals surface area contributed by atoms with Crippen LogP contribution >= 0.6 is 0 Å². The van der Waals surface area contributed by atoms with Gasteiger partial charge in [0.05, 0.1) is 6.54 Å². The van der Waals surface area contributed by atoms with E-state index in [-0.39, 0.29) is 11.6 Å². The molecular formula is C9H8N4O3. The minimum Gasteiger partial charge on any atom is -0.477 e. The molecule has 2 N–H and O–H groups in total. The van der Waals surface area contributed by atoms with Gasteiger partial charge in [0.1, 0.15) is 12.0 Å². The van der Waals surface area contributed by atoms with E-state index in [1.165, 1.54) is 18.5 Å². The van der Waals surface area contributed by atoms with Gasteiger partial charge in [0.2, 0.25) is 5.95 Å². The molecule has 0 saturated heterocycles. The van der Waals surface area contributed by atoms with E-state index in [4.69, 9.17) is 5.11 Å². The topological polar surface area (TPSA) is 101 Å². The van der Waals surface area contributed by atoms with Gasteiger partial charge in [0.25, 0.3) is 0 Å². The van der Waals surface area contributed by atoms with Gasteiger partial charge in [-0.3, -0.25) is 0 Å². The maximum atomic E-state index is 10.6. The molecule has 0 aliphatic heterocycles. The fourth-order valence-corrected chi connectivity index (χ4v) is 1.06. The zero-order valence-corrected chi connectivity index (χ0v) is 8.12. The van der Waals surface area contributed by atoms with E-state index in [9.17, 15) is 4.79 Å². The molecule has 0 atom stereocenters. The van der Waals surface area contributed by atoms with Crippen LogP contribution in [-0.2, 0) is 6.54 Å². The Bertz CT molecular complexity index is 483. The van der Waals surface area contributed by atoms with Crippen LogP contribution in [0.25, 0.3) is 0 Å². The van der Waals surface area contributed by atoms with Gasteiger partial charge in [-0.2, -0.15) is 0 Å². The summed E-state index contributed by atoms with van der Waals surface area (Å²) in [6.45, 7) is 0.375. The number of anilines is 1. The molecule has 2 aromatic heterocycles. The number of carbonyl (C=O) groups is 1. The molecule has 0 spiro atoms. The first-order valence-electron chi connectivity index (χ1n) is 4.45. The van der Waals surface area contributed by atoms with Gasteiger partial charge in [0, 0.05) is 12.3 Å². The number of carboxylic acids is 1. The third-order valence-electron chi connectivity index (χ3n) is 1.79. The lowest BCUT2D eigenvalue weighted by Gasteiger charge is -2.01. The summed E-state index contributed by atoms with van der Waals surface area (Å²) in [7, 11) is 0. The van der Waals surface area contributed by atoms with Crippen molar-refractivity contribution in [2.45, 2.75) is 6.54 Å². The van der Waals surface area contributed by atoms with Gasteiger partial charge < -0.3 is 14.9 Å². The molecule has 0 aliphatic rings. The average Bonchev–Trinajstić information content (AvgIpc) is 2.79. The van der Waals surface area contributed by atoms with Crippen LogP contribution in [0.1, 0.15) is 16.2 Å². The van der Waals surface area contributed by atoms with E-state index in [2.05, 4.69) is 25.0 Å². The van der Waals surface area contributed by atoms with Gasteiger partial charge in [-0.05, 0) is 6.07 Å². The first-order valence-corrected chi connectivity index (χ1v) is 4.45. The monoisotopic (exact) mass is 220 g/mol. The first-order chi connectivity index (χ1) is 7.75. The molecule has 82 valence electrons. The molecular weight excluding hydrogens is 212 g/mol. The molecule has 0 fully saturated rings. The lowest BCUT2D eigenvalue weighted by Crippen LogP contribution is -2.07. The first kappa shape index (κ1) is 10.1. The molecule has 0 aliphatic carbocycles. The van der Waals surface area contributed by atoms with E-state index >= 15 is 0 Å². The third-order valence-corrected chi connectivity index (χ3v) is 1.79. The number of hydrogen-bond donors (Lipinski definition) is 2. The van der Waals surface area contributed by atoms with Crippen LogP contribution in [0.2, 0.25) is 0 Å². The number of carboxylic acid groups (broad SMARTS) is 1. The molecule has 2 rings (SSSR count). The van der Waals surface area contributed by atoms with E-state index in [0.29, 0.717) is 12.2 Å². The standard InChI is InChI=1S/C9H8N4O3/c14-8(15)7-1-3-10-9(12-7)11-5-6-2-4-16-13-6/h1-4H,5H2,(H,14,15)(H,10,11,12). The highest BCUT2D eigenvalue weighted by molar-refractivity contribution is 5.85. The van der Waals surface area contributed by atoms with E-state index in [1.807, 2.05) is 0 Å². The van der Waals surface area contributed by atoms with Gasteiger partial charge in [-0.15, -0.1) is 0 Å². The predicted molar refractivity (Wildman–Crippen MR) is 52.8 cm³/mol. The molecule has 0 amide bonds. The average molecular weight is 220 g/mol. The summed E-state index contributed by atoms with van der Waals surface area (Å²) in [6.07, 6.45) is 2.83. The number of aromatic nitrogens is 3. The largest absolute Gasteiger partial charge is 0.477 e. The van der Waals surface area contributed by atoms with Crippen LogP contribution in [0.15, 0.2) is 29.1 Å². The second kappa shape index (κ2) is 4.39. The van der Waals surface area contributed by atoms with Crippen molar-refractivity contribution in [1.82, 2.24) is 15.1 Å². The number of nitrogens with one attached hydrogen (secondary N) is 1. The van der Waals surface area contributed by atoms with Gasteiger partial charge in [-0.25, -0.2) is 14.8 Å². The fourth-order valence-electron chi connectivity index (χ4n) is 1.06. The summed E-state index contributed by atoms with van der Waals surface area (Å²) in [5.41, 5.74) is 0.627. The van der Waals surface area contributed by atoms with Crippen molar-refractivity contribution in [3.8, 4) is 0 Å². The van der Waals surface area contributed by atoms with Crippen LogP contribution in [0.4, 0.5) is 5.95 Å². The van der Waals surface area contributed by atoms with Crippen molar-refractivity contribution < 1.29 is 14.4 Å². The zero-order chi connectivity index (χ0) is 11.4. The van der Waals surface area contributed by atoms with Crippen molar-refractivity contribution >= 4 is 11.9 Å². The van der Waals surface area contributed by atoms with Crippen molar-refractivity contribution in [3.63, 3.8) is 0 Å². The van der Waals surface area contributed by atoms with Crippen molar-refractivity contribution in [1.29, 1.82) is 0 Å². The number of nitrogens with zero attached hydrogens (tertiary/aromatic N) is 3. The molecule has 0 saturated carbocycles. The fraction of sp³-hybridized carbons (Fsp3) is 0.111. The van der Waals surface area contributed by atoms with Crippen LogP contribution in [0.5, 0.6) is 0 Å². The Morgan fingerprint density at radius 3 is 3.06 bits per heavy atom. The molecule has 2 heterocycles. The Hall–Kier alpha value is -2.44. The minimum atomic E-state index is -1.09. The number of hydrogen-bond acceptors (Lipinski definition) is 6. The summed E-state index contributed by atoms with van der Waals surface area (Å²) in [6, 6.07) is 3.01. The normalized spacial score (nSPS) is 10.0. The number of aromatic carboxylic acids is 1. The molecule has 7 heteroatoms. The highest BCUT2D eigenvalue weighted by Gasteiger charge is 2.06. The Morgan fingerprint density at radius 2 is 2.38 bits per heavy atom. The highest BCUT2D eigenvalue weighted by atomic mass is 16.5. The molecule has 0 bridgehead atoms. The Labute approximate surface area is 90.1 Å². The van der Waals surface area contributed by atoms with Gasteiger partial charge in [0.15, 0.2) is 5.69 Å². The van der Waals surface area contributed by atoms with Crippen LogP contribution in [0.3, 0.4) is 0 Å². The Morgan fingerprint density at radius 1 is 1.50 bits per heavy atom. The third kappa shape index (κ3) is 2.32. The smallest absolute Gasteiger partial charge is 0.354 e. The Kier molecular flexibility index (Phi) is 2.77. The van der Waals surface area contributed by atoms with Gasteiger partial charge >= 0.3 is 5.97 Å². The molecule has 16 heavy (non-hydrogen) atoms. The van der Waals surface area contributed by atoms with E-state index in [1.54, 1.807) is 6.07 Å². The zero-order valence-electron chi connectivity index (χ0n) is 8.12. The van der Waals surface area contributed by atoms with Crippen LogP contribution in [0, 0.1) is 0 Å². The summed E-state index contributed by atoms with van der Waals surface area (Å²) in [5.74, 6) is -0.852. The molecule has 0 aromatic carbocycles. The van der Waals surface area contributed by atoms with Crippen molar-refractivity contribution in [3.05, 3.63) is 36.0 Å². The molecule has 2 aromatic rings.